The van der Waals surface area contributed by atoms with Crippen molar-refractivity contribution in [3.63, 3.8) is 0 Å². The monoisotopic (exact) mass is 1370 g/mol. The van der Waals surface area contributed by atoms with Crippen molar-refractivity contribution in [2.24, 2.45) is 4.99 Å². The molecule has 6 N–H and O–H groups in total. The fraction of sp³-hybridized carbons (Fsp3) is 0.140. The van der Waals surface area contributed by atoms with Crippen LogP contribution in [0.25, 0.3) is 0 Å². The second-order valence-corrected chi connectivity index (χ2v) is 30.1. The van der Waals surface area contributed by atoms with Crippen LogP contribution in [-0.4, -0.2) is 12.5 Å². The standard InChI is InChI=1S/C25H28NP.2C18H16NP.C13H18O.C6H6BrN.C6H6/c1-18(2)21-13-10-14-22(19(3)4)23(21)17-26-24-15-8-9-16-25(24)27-20-11-6-5-7-12-20;2*19-17-13-7-8-14-18(17)20(15-9-3-1-4-10-15)16-11-5-2-6-12-16;1-9(2)11-6-5-7-12(10(3)4)13(11)8-14;7-5-3-1-2-4-6(5)8;1-2-4-6-5-3-1/h5-19,27H,1-4H3;2*1-14H,19H2;5-10H,1-4H3;1-4H,8H2;1-6H. The van der Waals surface area contributed by atoms with Gasteiger partial charge in [-0.1, -0.05) is 355 Å². The van der Waals surface area contributed by atoms with E-state index in [-0.39, 0.29) is 0 Å². The number of aliphatic imine (C=N–C) groups is 1. The molecular formula is C86H90BrN4OP3. The lowest BCUT2D eigenvalue weighted by Crippen LogP contribution is -2.22. The summed E-state index contributed by atoms with van der Waals surface area (Å²) in [6.07, 6.45) is 3.07. The van der Waals surface area contributed by atoms with Crippen LogP contribution in [-0.2, 0) is 0 Å². The minimum absolute atomic E-state index is 0.411. The summed E-state index contributed by atoms with van der Waals surface area (Å²) in [5.41, 5.74) is 28.7. The highest BCUT2D eigenvalue weighted by Gasteiger charge is 2.20. The number of rotatable bonds is 15. The maximum Gasteiger partial charge on any atom is 0.150 e. The average molecular weight is 1370 g/mol. The molecular weight excluding hydrogens is 1280 g/mol. The van der Waals surface area contributed by atoms with E-state index in [4.69, 9.17) is 22.2 Å². The first-order valence-electron chi connectivity index (χ1n) is 32.3. The molecule has 0 aliphatic heterocycles. The highest BCUT2D eigenvalue weighted by Crippen LogP contribution is 2.36. The second kappa shape index (κ2) is 39.8. The van der Waals surface area contributed by atoms with Crippen molar-refractivity contribution in [2.45, 2.75) is 79.1 Å². The Bertz CT molecular complexity index is 3890. The Morgan fingerprint density at radius 1 is 0.337 bits per heavy atom. The molecule has 0 aliphatic rings. The summed E-state index contributed by atoms with van der Waals surface area (Å²) in [6.45, 7) is 17.5. The summed E-state index contributed by atoms with van der Waals surface area (Å²) in [7, 11) is -0.569. The smallest absolute Gasteiger partial charge is 0.150 e. The van der Waals surface area contributed by atoms with Gasteiger partial charge in [0.2, 0.25) is 0 Å². The third-order valence-electron chi connectivity index (χ3n) is 15.2. The molecule has 0 spiro atoms. The van der Waals surface area contributed by atoms with Gasteiger partial charge in [0.1, 0.15) is 0 Å². The van der Waals surface area contributed by atoms with E-state index in [1.54, 1.807) is 0 Å². The Balaban J connectivity index is 0.000000170. The van der Waals surface area contributed by atoms with Gasteiger partial charge in [0, 0.05) is 49.2 Å². The largest absolute Gasteiger partial charge is 0.398 e. The number of nitrogens with two attached hydrogens (primary N) is 3. The van der Waals surface area contributed by atoms with E-state index in [0.29, 0.717) is 32.3 Å². The maximum absolute atomic E-state index is 11.1. The van der Waals surface area contributed by atoms with Gasteiger partial charge in [-0.3, -0.25) is 9.79 Å². The van der Waals surface area contributed by atoms with Gasteiger partial charge in [-0.15, -0.1) is 0 Å². The lowest BCUT2D eigenvalue weighted by Gasteiger charge is -2.20. The Kier molecular flexibility index (Phi) is 30.8. The van der Waals surface area contributed by atoms with E-state index in [1.807, 2.05) is 103 Å². The fourth-order valence-corrected chi connectivity index (χ4v) is 16.5. The SMILES string of the molecule is CC(C)c1cccc(C(C)C)c1C=Nc1ccccc1Pc1ccccc1.CC(C)c1cccc(C(C)C)c1C=O.Nc1ccccc1Br.Nc1ccccc1P(c1ccccc1)c1ccccc1.Nc1ccccc1P(c1ccccc1)c1ccccc1.c1ccccc1. The number of benzene rings is 12. The lowest BCUT2D eigenvalue weighted by molar-refractivity contribution is 0.112. The minimum atomic E-state index is -0.592. The van der Waals surface area contributed by atoms with Crippen LogP contribution in [0.5, 0.6) is 0 Å². The Morgan fingerprint density at radius 2 is 0.632 bits per heavy atom. The van der Waals surface area contributed by atoms with E-state index in [0.717, 1.165) is 50.2 Å². The van der Waals surface area contributed by atoms with Gasteiger partial charge < -0.3 is 17.2 Å². The zero-order valence-electron chi connectivity index (χ0n) is 55.9. The third kappa shape index (κ3) is 23.0. The molecule has 0 fully saturated rings. The highest BCUT2D eigenvalue weighted by molar-refractivity contribution is 9.10. The number of hydrogen-bond acceptors (Lipinski definition) is 5. The molecule has 0 bridgehead atoms. The summed E-state index contributed by atoms with van der Waals surface area (Å²) >= 11 is 3.27. The molecule has 5 nitrogen and oxygen atoms in total. The lowest BCUT2D eigenvalue weighted by atomic mass is 9.89. The fourth-order valence-electron chi connectivity index (χ4n) is 10.4. The number of carbonyl (C=O) groups excluding carboxylic acids is 1. The Morgan fingerprint density at radius 3 is 0.958 bits per heavy atom. The van der Waals surface area contributed by atoms with Crippen LogP contribution in [0.1, 0.15) is 117 Å². The minimum Gasteiger partial charge on any atom is -0.398 e. The molecule has 0 aromatic heterocycles. The summed E-state index contributed by atoms with van der Waals surface area (Å²) in [6, 6.07) is 110. The van der Waals surface area contributed by atoms with Gasteiger partial charge in [-0.2, -0.15) is 0 Å². The molecule has 0 heterocycles. The van der Waals surface area contributed by atoms with Crippen LogP contribution < -0.4 is 59.6 Å². The number of halogens is 1. The van der Waals surface area contributed by atoms with Crippen LogP contribution in [0, 0.1) is 0 Å². The van der Waals surface area contributed by atoms with Gasteiger partial charge in [0.15, 0.2) is 6.29 Å². The molecule has 9 heteroatoms. The van der Waals surface area contributed by atoms with Crippen LogP contribution in [0.3, 0.4) is 0 Å². The van der Waals surface area contributed by atoms with Crippen LogP contribution in [0.15, 0.2) is 331 Å². The number of nitrogen functional groups attached to an aromatic ring is 3. The van der Waals surface area contributed by atoms with Gasteiger partial charge in [-0.05, 0) is 140 Å². The Hall–Kier alpha value is -8.85. The third-order valence-corrected chi connectivity index (χ3v) is 22.3. The van der Waals surface area contributed by atoms with E-state index in [1.165, 1.54) is 59.1 Å². The normalized spacial score (nSPS) is 10.8. The first-order valence-corrected chi connectivity index (χ1v) is 36.8. The predicted molar refractivity (Wildman–Crippen MR) is 426 cm³/mol. The van der Waals surface area contributed by atoms with Crippen molar-refractivity contribution in [2.75, 3.05) is 17.2 Å². The van der Waals surface area contributed by atoms with Crippen molar-refractivity contribution in [3.8, 4) is 0 Å². The van der Waals surface area contributed by atoms with Gasteiger partial charge in [0.05, 0.1) is 5.69 Å². The summed E-state index contributed by atoms with van der Waals surface area (Å²) in [5, 5.41) is 10.4. The first kappa shape index (κ1) is 73.6. The van der Waals surface area contributed by atoms with E-state index >= 15 is 0 Å². The zero-order valence-corrected chi connectivity index (χ0v) is 60.3. The molecule has 482 valence electrons. The molecule has 95 heavy (non-hydrogen) atoms. The topological polar surface area (TPSA) is 107 Å². The molecule has 12 aromatic carbocycles. The van der Waals surface area contributed by atoms with Crippen molar-refractivity contribution < 1.29 is 4.79 Å². The maximum atomic E-state index is 11.1. The van der Waals surface area contributed by atoms with Gasteiger partial charge >= 0.3 is 0 Å². The van der Waals surface area contributed by atoms with Gasteiger partial charge in [-0.25, -0.2) is 0 Å². The predicted octanol–water partition coefficient (Wildman–Crippen LogP) is 19.8. The number of aldehydes is 1. The quantitative estimate of drug-likeness (QED) is 0.0411. The van der Waals surface area contributed by atoms with Crippen molar-refractivity contribution in [3.05, 3.63) is 359 Å². The van der Waals surface area contributed by atoms with E-state index in [9.17, 15) is 4.79 Å². The molecule has 0 saturated heterocycles. The molecule has 12 rings (SSSR count). The molecule has 1 atom stereocenters. The molecule has 12 aromatic rings. The molecule has 0 aliphatic carbocycles. The summed E-state index contributed by atoms with van der Waals surface area (Å²) in [4.78, 5) is 16.0. The van der Waals surface area contributed by atoms with Crippen molar-refractivity contribution >= 4 is 118 Å². The van der Waals surface area contributed by atoms with Crippen LogP contribution in [0.4, 0.5) is 22.7 Å². The molecule has 1 unspecified atom stereocenters. The summed E-state index contributed by atoms with van der Waals surface area (Å²) in [5.74, 6) is 1.78. The number of hydrogen-bond donors (Lipinski definition) is 3. The molecule has 0 saturated carbocycles. The number of nitrogens with zero attached hydrogens (tertiary/aromatic N) is 1. The van der Waals surface area contributed by atoms with Crippen molar-refractivity contribution in [1.82, 2.24) is 0 Å². The average Bonchev–Trinajstić information content (AvgIpc) is 0.861. The van der Waals surface area contributed by atoms with Crippen LogP contribution >= 0.6 is 40.4 Å². The molecule has 0 radical (unpaired) electrons. The summed E-state index contributed by atoms with van der Waals surface area (Å²) < 4.78 is 0.958. The van der Waals surface area contributed by atoms with Gasteiger partial charge in [0.25, 0.3) is 0 Å². The number of anilines is 3. The second-order valence-electron chi connectivity index (χ2n) is 23.5. The van der Waals surface area contributed by atoms with Crippen LogP contribution in [0.2, 0.25) is 0 Å². The van der Waals surface area contributed by atoms with E-state index in [2.05, 4.69) is 296 Å². The number of para-hydroxylation sites is 4. The zero-order chi connectivity index (χ0) is 67.7. The van der Waals surface area contributed by atoms with Crippen molar-refractivity contribution in [1.29, 1.82) is 0 Å². The molecule has 0 amide bonds. The van der Waals surface area contributed by atoms with E-state index < -0.39 is 15.8 Å². The number of carbonyl (C=O) groups is 1. The highest BCUT2D eigenvalue weighted by atomic mass is 79.9. The Labute approximate surface area is 579 Å². The first-order chi connectivity index (χ1) is 46.2.